The maximum atomic E-state index is 11.7. The normalized spacial score (nSPS) is 13.6. The molecule has 0 unspecified atom stereocenters. The number of benzene rings is 2. The minimum atomic E-state index is -0.118. The van der Waals surface area contributed by atoms with Gasteiger partial charge in [-0.25, -0.2) is 0 Å². The smallest absolute Gasteiger partial charge is 0.162 e. The van der Waals surface area contributed by atoms with Crippen LogP contribution >= 0.6 is 0 Å². The average Bonchev–Trinajstić information content (AvgIpc) is 2.93. The summed E-state index contributed by atoms with van der Waals surface area (Å²) in [5.74, 6) is 0.547. The summed E-state index contributed by atoms with van der Waals surface area (Å²) in [7, 11) is 0. The van der Waals surface area contributed by atoms with Gasteiger partial charge in [-0.1, -0.05) is 94.5 Å². The molecule has 0 bridgehead atoms. The third kappa shape index (κ3) is 5.85. The topological polar surface area (TPSA) is 63.1 Å². The first kappa shape index (κ1) is 30.7. The van der Waals surface area contributed by atoms with Gasteiger partial charge < -0.3 is 10.1 Å². The van der Waals surface area contributed by atoms with Crippen molar-refractivity contribution in [2.75, 3.05) is 0 Å². The molecular formula is C34H39IrN2O2-. The van der Waals surface area contributed by atoms with Crippen molar-refractivity contribution < 1.29 is 30.0 Å². The van der Waals surface area contributed by atoms with Crippen molar-refractivity contribution in [3.05, 3.63) is 83.9 Å². The fraction of sp³-hybridized carbons (Fsp3) is 0.382. The predicted molar refractivity (Wildman–Crippen MR) is 157 cm³/mol. The molecule has 207 valence electrons. The summed E-state index contributed by atoms with van der Waals surface area (Å²) in [6.07, 6.45) is 8.64. The van der Waals surface area contributed by atoms with E-state index in [2.05, 4.69) is 67.4 Å². The van der Waals surface area contributed by atoms with E-state index in [1.54, 1.807) is 6.20 Å². The number of rotatable bonds is 7. The van der Waals surface area contributed by atoms with Gasteiger partial charge in [0.05, 0.1) is 5.76 Å². The Morgan fingerprint density at radius 1 is 0.949 bits per heavy atom. The van der Waals surface area contributed by atoms with E-state index < -0.39 is 0 Å². The third-order valence-electron chi connectivity index (χ3n) is 8.12. The first-order valence-corrected chi connectivity index (χ1v) is 13.9. The van der Waals surface area contributed by atoms with Crippen LogP contribution in [0.25, 0.3) is 32.9 Å². The molecule has 2 heterocycles. The molecule has 4 aromatic rings. The number of aliphatic hydroxyl groups excluding tert-OH is 1. The fourth-order valence-electron chi connectivity index (χ4n) is 5.76. The van der Waals surface area contributed by atoms with Crippen LogP contribution in [0.4, 0.5) is 0 Å². The van der Waals surface area contributed by atoms with Crippen molar-refractivity contribution in [3.8, 4) is 11.3 Å². The number of hydrogen-bond donors (Lipinski definition) is 1. The van der Waals surface area contributed by atoms with Gasteiger partial charge in [0.15, 0.2) is 5.78 Å². The molecule has 2 aromatic carbocycles. The molecule has 1 radical (unpaired) electrons. The molecule has 5 rings (SSSR count). The summed E-state index contributed by atoms with van der Waals surface area (Å²) < 4.78 is 0. The molecule has 0 spiro atoms. The van der Waals surface area contributed by atoms with Crippen LogP contribution in [0.2, 0.25) is 0 Å². The van der Waals surface area contributed by atoms with Gasteiger partial charge in [0.25, 0.3) is 0 Å². The predicted octanol–water partition coefficient (Wildman–Crippen LogP) is 8.76. The first-order chi connectivity index (χ1) is 18.3. The number of nitrogens with zero attached hydrogens (tertiary/aromatic N) is 2. The quantitative estimate of drug-likeness (QED) is 0.119. The molecule has 1 aliphatic carbocycles. The fourth-order valence-corrected chi connectivity index (χ4v) is 5.76. The van der Waals surface area contributed by atoms with Gasteiger partial charge in [-0.3, -0.25) is 9.78 Å². The second kappa shape index (κ2) is 13.0. The molecule has 0 saturated heterocycles. The van der Waals surface area contributed by atoms with Gasteiger partial charge in [-0.05, 0) is 59.8 Å². The Kier molecular flexibility index (Phi) is 10.2. The van der Waals surface area contributed by atoms with Gasteiger partial charge in [-0.15, -0.1) is 0 Å². The Bertz CT molecular complexity index is 1480. The number of allylic oxidation sites excluding steroid dienone is 2. The summed E-state index contributed by atoms with van der Waals surface area (Å²) in [5.41, 5.74) is 5.61. The van der Waals surface area contributed by atoms with Crippen LogP contribution in [0, 0.1) is 17.9 Å². The van der Waals surface area contributed by atoms with Crippen LogP contribution < -0.4 is 0 Å². The largest absolute Gasteiger partial charge is 0.512 e. The maximum Gasteiger partial charge on any atom is 0.162 e. The van der Waals surface area contributed by atoms with Gasteiger partial charge in [0.2, 0.25) is 0 Å². The van der Waals surface area contributed by atoms with Crippen molar-refractivity contribution >= 4 is 27.5 Å². The number of carbonyl (C=O) groups excluding carboxylic acids is 1. The van der Waals surface area contributed by atoms with Crippen molar-refractivity contribution in [1.82, 2.24) is 9.97 Å². The Labute approximate surface area is 246 Å². The molecule has 0 atom stereocenters. The molecule has 4 nitrogen and oxygen atoms in total. The van der Waals surface area contributed by atoms with Crippen LogP contribution in [-0.2, 0) is 30.3 Å². The summed E-state index contributed by atoms with van der Waals surface area (Å²) in [6.45, 7) is 12.6. The molecule has 0 saturated carbocycles. The number of ketones is 1. The summed E-state index contributed by atoms with van der Waals surface area (Å²) >= 11 is 0. The Hall–Kier alpha value is -2.88. The van der Waals surface area contributed by atoms with E-state index in [9.17, 15) is 9.90 Å². The first-order valence-electron chi connectivity index (χ1n) is 13.9. The van der Waals surface area contributed by atoms with E-state index in [0.717, 1.165) is 42.5 Å². The number of hydrogen-bond acceptors (Lipinski definition) is 4. The van der Waals surface area contributed by atoms with Crippen LogP contribution in [0.3, 0.4) is 0 Å². The second-order valence-electron chi connectivity index (χ2n) is 10.7. The molecule has 0 aliphatic heterocycles. The zero-order valence-electron chi connectivity index (χ0n) is 23.8. The zero-order chi connectivity index (χ0) is 27.4. The summed E-state index contributed by atoms with van der Waals surface area (Å²) in [4.78, 5) is 21.0. The monoisotopic (exact) mass is 700 g/mol. The number of aliphatic hydroxyl groups is 1. The molecule has 0 fully saturated rings. The molecule has 2 aromatic heterocycles. The Balaban J connectivity index is 0.000000233. The third-order valence-corrected chi connectivity index (χ3v) is 8.12. The second-order valence-corrected chi connectivity index (χ2v) is 10.7. The van der Waals surface area contributed by atoms with Crippen molar-refractivity contribution in [3.63, 3.8) is 0 Å². The SMILES string of the molecule is CC1(C)c2c(ncc3ccccc23)-c2[c-]cnc3cccc1c23.CCC(CC)C(=O)/C=C(\O)C(CC)CC.[Ir]. The minimum Gasteiger partial charge on any atom is -0.512 e. The summed E-state index contributed by atoms with van der Waals surface area (Å²) in [5, 5.41) is 13.4. The van der Waals surface area contributed by atoms with Crippen LogP contribution in [0.5, 0.6) is 0 Å². The van der Waals surface area contributed by atoms with Crippen molar-refractivity contribution in [2.24, 2.45) is 11.8 Å². The standard InChI is InChI=1S/C21H15N2.C13H24O2.Ir/c1-21(2)16-8-5-9-17-18(16)15(10-11-22-17)20-19(21)14-7-4-3-6-13(14)12-23-20;1-5-10(6-2)12(14)9-13(15)11(7-3)8-4;/h3-9,11-12H,1-2H3;9-11,14H,5-8H2,1-4H3;/q-1;;/b;12-9-;. The van der Waals surface area contributed by atoms with E-state index in [1.807, 2.05) is 33.9 Å². The number of pyridine rings is 2. The van der Waals surface area contributed by atoms with E-state index >= 15 is 0 Å². The zero-order valence-corrected chi connectivity index (χ0v) is 26.2. The Morgan fingerprint density at radius 2 is 1.62 bits per heavy atom. The number of carbonyl (C=O) groups is 1. The van der Waals surface area contributed by atoms with Gasteiger partial charge in [0, 0.05) is 49.7 Å². The van der Waals surface area contributed by atoms with Gasteiger partial charge in [0.1, 0.15) is 0 Å². The minimum absolute atomic E-state index is 0. The van der Waals surface area contributed by atoms with Crippen LogP contribution in [0.15, 0.2) is 66.7 Å². The summed E-state index contributed by atoms with van der Waals surface area (Å²) in [6, 6.07) is 18.2. The average molecular weight is 700 g/mol. The molecule has 1 aliphatic rings. The molecule has 5 heteroatoms. The number of aromatic nitrogens is 2. The van der Waals surface area contributed by atoms with E-state index in [1.165, 1.54) is 33.4 Å². The molecule has 0 amide bonds. The molecule has 39 heavy (non-hydrogen) atoms. The van der Waals surface area contributed by atoms with Gasteiger partial charge >= 0.3 is 0 Å². The molecular weight excluding hydrogens is 661 g/mol. The van der Waals surface area contributed by atoms with E-state index in [0.29, 0.717) is 0 Å². The Morgan fingerprint density at radius 3 is 2.28 bits per heavy atom. The van der Waals surface area contributed by atoms with Gasteiger partial charge in [-0.2, -0.15) is 11.6 Å². The van der Waals surface area contributed by atoms with Crippen LogP contribution in [-0.4, -0.2) is 20.9 Å². The van der Waals surface area contributed by atoms with E-state index in [4.69, 9.17) is 4.98 Å². The van der Waals surface area contributed by atoms with E-state index in [-0.39, 0.29) is 48.9 Å². The van der Waals surface area contributed by atoms with Crippen molar-refractivity contribution in [2.45, 2.75) is 72.6 Å². The number of fused-ring (bicyclic) bond motifs is 4. The maximum absolute atomic E-state index is 11.7. The molecule has 1 N–H and O–H groups in total. The van der Waals surface area contributed by atoms with Crippen molar-refractivity contribution in [1.29, 1.82) is 0 Å². The van der Waals surface area contributed by atoms with Crippen LogP contribution in [0.1, 0.15) is 78.4 Å².